The Bertz CT molecular complexity index is 1060. The lowest BCUT2D eigenvalue weighted by Gasteiger charge is -2.31. The van der Waals surface area contributed by atoms with Crippen LogP contribution >= 0.6 is 0 Å². The van der Waals surface area contributed by atoms with E-state index in [-0.39, 0.29) is 48.1 Å². The number of nitrogens with two attached hydrogens (primary N) is 1. The summed E-state index contributed by atoms with van der Waals surface area (Å²) in [6.07, 6.45) is 1.50. The molecule has 2 unspecified atom stereocenters. The Morgan fingerprint density at radius 2 is 1.62 bits per heavy atom. The Labute approximate surface area is 184 Å². The lowest BCUT2D eigenvalue weighted by atomic mass is 9.94. The number of phenols is 4. The molecule has 0 radical (unpaired) electrons. The van der Waals surface area contributed by atoms with Gasteiger partial charge in [0.25, 0.3) is 0 Å². The van der Waals surface area contributed by atoms with E-state index < -0.39 is 18.1 Å². The van der Waals surface area contributed by atoms with Crippen LogP contribution in [0.4, 0.5) is 0 Å². The zero-order valence-corrected chi connectivity index (χ0v) is 16.1. The molecule has 0 aliphatic carbocycles. The van der Waals surface area contributed by atoms with Crippen LogP contribution < -0.4 is 10.5 Å². The van der Waals surface area contributed by atoms with E-state index in [1.54, 1.807) is 12.1 Å². The predicted molar refractivity (Wildman–Crippen MR) is 116 cm³/mol. The second-order valence-electron chi connectivity index (χ2n) is 6.60. The smallest absolute Gasteiger partial charge is 0.248 e. The fraction of sp³-hybridized carbons (Fsp3) is 0.182. The number of rotatable bonds is 2. The Morgan fingerprint density at radius 1 is 0.969 bits per heavy atom. The molecule has 1 aliphatic heterocycles. The van der Waals surface area contributed by atoms with Crippen molar-refractivity contribution >= 4 is 5.91 Å². The second kappa shape index (κ2) is 10.8. The molecule has 2 atom stereocenters. The molecular formula is C22H26N2O8. The van der Waals surface area contributed by atoms with Crippen LogP contribution in [0, 0.1) is 0 Å². The van der Waals surface area contributed by atoms with Crippen molar-refractivity contribution in [2.45, 2.75) is 26.1 Å². The van der Waals surface area contributed by atoms with Gasteiger partial charge in [-0.15, -0.1) is 0 Å². The number of nitrogens with zero attached hydrogens (tertiary/aromatic N) is 1. The molecule has 1 amide bonds. The van der Waals surface area contributed by atoms with Crippen molar-refractivity contribution in [3.05, 3.63) is 71.5 Å². The molecule has 2 aromatic carbocycles. The van der Waals surface area contributed by atoms with Gasteiger partial charge in [0.2, 0.25) is 5.91 Å². The number of fused-ring (bicyclic) bond motifs is 1. The molecular weight excluding hydrogens is 420 g/mol. The number of aliphatic hydroxyl groups is 1. The molecule has 3 aromatic rings. The number of carbonyl (C=O) groups excluding carboxylic acids is 1. The van der Waals surface area contributed by atoms with Crippen LogP contribution in [0.3, 0.4) is 0 Å². The standard InChI is InChI=1S/C15H14O6.C6H6N2O.CH4.H2O/c16-8-4-11(18)9-6-13(20)15(21-14(9)5-8)7-1-2-10(17)12(19)3-7;7-6(9)5-1-3-8-4-2-5;;/h1-5,13,15-20H,6H2;1-4H,(H2,7,9);1H4;1H2. The molecule has 172 valence electrons. The quantitative estimate of drug-likeness (QED) is 0.318. The van der Waals surface area contributed by atoms with Gasteiger partial charge in [0, 0.05) is 42.1 Å². The molecule has 0 saturated carbocycles. The van der Waals surface area contributed by atoms with Crippen molar-refractivity contribution in [1.82, 2.24) is 4.98 Å². The van der Waals surface area contributed by atoms with E-state index in [0.717, 1.165) is 0 Å². The van der Waals surface area contributed by atoms with Crippen molar-refractivity contribution in [1.29, 1.82) is 0 Å². The molecule has 1 aromatic heterocycles. The number of hydrogen-bond acceptors (Lipinski definition) is 8. The average Bonchev–Trinajstić information content (AvgIpc) is 2.71. The molecule has 32 heavy (non-hydrogen) atoms. The maximum atomic E-state index is 10.4. The van der Waals surface area contributed by atoms with Crippen LogP contribution in [0.1, 0.15) is 35.0 Å². The van der Waals surface area contributed by atoms with Crippen LogP contribution in [-0.2, 0) is 6.42 Å². The fourth-order valence-electron chi connectivity index (χ4n) is 2.98. The van der Waals surface area contributed by atoms with Crippen molar-refractivity contribution in [2.75, 3.05) is 0 Å². The molecule has 1 aliphatic rings. The van der Waals surface area contributed by atoms with E-state index in [0.29, 0.717) is 16.7 Å². The zero-order valence-electron chi connectivity index (χ0n) is 16.1. The number of primary amides is 1. The minimum absolute atomic E-state index is 0. The Morgan fingerprint density at radius 3 is 2.19 bits per heavy atom. The third kappa shape index (κ3) is 5.78. The van der Waals surface area contributed by atoms with Crippen molar-refractivity contribution in [3.8, 4) is 28.7 Å². The summed E-state index contributed by atoms with van der Waals surface area (Å²) in [7, 11) is 0. The van der Waals surface area contributed by atoms with E-state index >= 15 is 0 Å². The number of amides is 1. The number of pyridine rings is 1. The summed E-state index contributed by atoms with van der Waals surface area (Å²) in [5.74, 6) is -1.01. The first-order valence-corrected chi connectivity index (χ1v) is 8.87. The molecule has 10 nitrogen and oxygen atoms in total. The van der Waals surface area contributed by atoms with E-state index in [4.69, 9.17) is 10.5 Å². The monoisotopic (exact) mass is 446 g/mol. The Hall–Kier alpha value is -4.02. The highest BCUT2D eigenvalue weighted by molar-refractivity contribution is 5.92. The SMILES string of the molecule is C.NC(=O)c1ccncc1.O.Oc1cc(O)c2c(c1)OC(c1ccc(O)c(O)c1)C(O)C2. The first-order chi connectivity index (χ1) is 14.3. The van der Waals surface area contributed by atoms with E-state index in [1.165, 1.54) is 42.7 Å². The van der Waals surface area contributed by atoms with E-state index in [2.05, 4.69) is 4.98 Å². The molecule has 0 fully saturated rings. The number of benzene rings is 2. The molecule has 2 heterocycles. The van der Waals surface area contributed by atoms with Gasteiger partial charge in [-0.2, -0.15) is 0 Å². The van der Waals surface area contributed by atoms with Crippen LogP contribution in [0.2, 0.25) is 0 Å². The van der Waals surface area contributed by atoms with Crippen LogP contribution in [0.15, 0.2) is 54.9 Å². The predicted octanol–water partition coefficient (Wildman–Crippen LogP) is 1.54. The molecule has 4 rings (SSSR count). The summed E-state index contributed by atoms with van der Waals surface area (Å²) in [6, 6.07) is 9.81. The summed E-state index contributed by atoms with van der Waals surface area (Å²) in [5, 5.41) is 48.3. The number of ether oxygens (including phenoxy) is 1. The third-order valence-electron chi connectivity index (χ3n) is 4.48. The summed E-state index contributed by atoms with van der Waals surface area (Å²) in [6.45, 7) is 0. The topological polar surface area (TPSA) is 198 Å². The van der Waals surface area contributed by atoms with Crippen LogP contribution in [0.25, 0.3) is 0 Å². The van der Waals surface area contributed by atoms with Gasteiger partial charge in [0.1, 0.15) is 23.4 Å². The number of phenolic OH excluding ortho intramolecular Hbond substituents is 4. The van der Waals surface area contributed by atoms with Crippen LogP contribution in [0.5, 0.6) is 28.7 Å². The van der Waals surface area contributed by atoms with E-state index in [9.17, 15) is 30.3 Å². The molecule has 0 bridgehead atoms. The largest absolute Gasteiger partial charge is 0.508 e. The maximum Gasteiger partial charge on any atom is 0.248 e. The van der Waals surface area contributed by atoms with Gasteiger partial charge in [0.05, 0.1) is 6.10 Å². The lowest BCUT2D eigenvalue weighted by Crippen LogP contribution is -2.30. The number of hydrogen-bond donors (Lipinski definition) is 6. The highest BCUT2D eigenvalue weighted by atomic mass is 16.5. The Kier molecular flexibility index (Phi) is 8.82. The molecule has 0 saturated heterocycles. The van der Waals surface area contributed by atoms with E-state index in [1.807, 2.05) is 0 Å². The lowest BCUT2D eigenvalue weighted by molar-refractivity contribution is 0.0197. The number of aromatic nitrogens is 1. The van der Waals surface area contributed by atoms with Gasteiger partial charge in [-0.05, 0) is 29.8 Å². The minimum atomic E-state index is -0.933. The van der Waals surface area contributed by atoms with Crippen LogP contribution in [-0.4, -0.2) is 48.0 Å². The van der Waals surface area contributed by atoms with Gasteiger partial charge < -0.3 is 41.5 Å². The second-order valence-corrected chi connectivity index (χ2v) is 6.60. The third-order valence-corrected chi connectivity index (χ3v) is 4.48. The molecule has 10 heteroatoms. The molecule has 9 N–H and O–H groups in total. The van der Waals surface area contributed by atoms with Gasteiger partial charge in [-0.25, -0.2) is 0 Å². The van der Waals surface area contributed by atoms with Crippen molar-refractivity contribution < 1.29 is 40.5 Å². The first-order valence-electron chi connectivity index (χ1n) is 8.87. The number of carbonyl (C=O) groups is 1. The maximum absolute atomic E-state index is 10.4. The zero-order chi connectivity index (χ0) is 21.8. The summed E-state index contributed by atoms with van der Waals surface area (Å²) >= 11 is 0. The Balaban J connectivity index is 0.000000397. The highest BCUT2D eigenvalue weighted by Gasteiger charge is 2.32. The summed E-state index contributed by atoms with van der Waals surface area (Å²) in [4.78, 5) is 14.1. The van der Waals surface area contributed by atoms with Gasteiger partial charge >= 0.3 is 0 Å². The normalized spacial score (nSPS) is 16.0. The average molecular weight is 446 g/mol. The summed E-state index contributed by atoms with van der Waals surface area (Å²) in [5.41, 5.74) is 6.33. The fourth-order valence-corrected chi connectivity index (χ4v) is 2.98. The van der Waals surface area contributed by atoms with Gasteiger partial charge in [-0.1, -0.05) is 13.5 Å². The molecule has 0 spiro atoms. The van der Waals surface area contributed by atoms with Crippen molar-refractivity contribution in [2.24, 2.45) is 5.73 Å². The number of aliphatic hydroxyl groups excluding tert-OH is 1. The number of aromatic hydroxyl groups is 4. The highest BCUT2D eigenvalue weighted by Crippen LogP contribution is 2.42. The van der Waals surface area contributed by atoms with Crippen molar-refractivity contribution in [3.63, 3.8) is 0 Å². The van der Waals surface area contributed by atoms with Gasteiger partial charge in [-0.3, -0.25) is 9.78 Å². The summed E-state index contributed by atoms with van der Waals surface area (Å²) < 4.78 is 5.62. The van der Waals surface area contributed by atoms with Gasteiger partial charge in [0.15, 0.2) is 11.5 Å². The first kappa shape index (κ1) is 26.0. The minimum Gasteiger partial charge on any atom is -0.508 e.